The molecule has 2 aliphatic rings. The maximum absolute atomic E-state index is 13.2. The lowest BCUT2D eigenvalue weighted by atomic mass is 10.1. The third-order valence-electron chi connectivity index (χ3n) is 6.33. The Bertz CT molecular complexity index is 1270. The molecule has 1 aromatic carbocycles. The van der Waals surface area contributed by atoms with Crippen LogP contribution < -0.4 is 5.32 Å². The van der Waals surface area contributed by atoms with E-state index in [0.29, 0.717) is 43.2 Å². The van der Waals surface area contributed by atoms with Crippen molar-refractivity contribution in [1.82, 2.24) is 14.8 Å². The highest BCUT2D eigenvalue weighted by molar-refractivity contribution is 7.92. The Kier molecular flexibility index (Phi) is 9.13. The van der Waals surface area contributed by atoms with Crippen molar-refractivity contribution >= 4 is 43.8 Å². The number of ether oxygens (including phenoxy) is 1. The molecule has 38 heavy (non-hydrogen) atoms. The number of piperazine rings is 1. The van der Waals surface area contributed by atoms with Crippen molar-refractivity contribution in [2.45, 2.75) is 49.5 Å². The fourth-order valence-corrected chi connectivity index (χ4v) is 6.55. The summed E-state index contributed by atoms with van der Waals surface area (Å²) in [6.45, 7) is 7.25. The van der Waals surface area contributed by atoms with Gasteiger partial charge in [-0.05, 0) is 31.9 Å². The zero-order chi connectivity index (χ0) is 27.3. The third-order valence-corrected chi connectivity index (χ3v) is 9.51. The highest BCUT2D eigenvalue weighted by Crippen LogP contribution is 2.33. The average molecular weight is 564 g/mol. The molecule has 13 heteroatoms. The number of thiazole rings is 1. The lowest BCUT2D eigenvalue weighted by Crippen LogP contribution is -2.47. The van der Waals surface area contributed by atoms with Gasteiger partial charge in [0.05, 0.1) is 16.8 Å². The van der Waals surface area contributed by atoms with Crippen LogP contribution in [-0.2, 0) is 35.5 Å². The smallest absolute Gasteiger partial charge is 0.280 e. The van der Waals surface area contributed by atoms with Crippen molar-refractivity contribution in [3.8, 4) is 0 Å². The molecule has 2 heterocycles. The van der Waals surface area contributed by atoms with Gasteiger partial charge in [0, 0.05) is 63.4 Å². The van der Waals surface area contributed by atoms with Crippen LogP contribution in [0, 0.1) is 0 Å². The van der Waals surface area contributed by atoms with E-state index in [1.54, 1.807) is 39.3 Å². The van der Waals surface area contributed by atoms with E-state index < -0.39 is 21.8 Å². The van der Waals surface area contributed by atoms with Gasteiger partial charge in [-0.15, -0.1) is 11.3 Å². The van der Waals surface area contributed by atoms with E-state index in [1.165, 1.54) is 23.5 Å². The van der Waals surface area contributed by atoms with Crippen LogP contribution in [0.3, 0.4) is 0 Å². The Hall–Kier alpha value is -2.87. The van der Waals surface area contributed by atoms with Gasteiger partial charge in [0.2, 0.25) is 5.91 Å². The number of carbonyl (C=O) groups excluding carboxylic acids is 2. The molecule has 206 valence electrons. The lowest BCUT2D eigenvalue weighted by molar-refractivity contribution is -0.130. The fourth-order valence-electron chi connectivity index (χ4n) is 4.04. The number of nitrogens with zero attached hydrogens (tertiary/aromatic N) is 4. The summed E-state index contributed by atoms with van der Waals surface area (Å²) in [6.07, 6.45) is 2.68. The van der Waals surface area contributed by atoms with Crippen LogP contribution in [0.2, 0.25) is 0 Å². The summed E-state index contributed by atoms with van der Waals surface area (Å²) in [5, 5.41) is 6.96. The number of amides is 2. The van der Waals surface area contributed by atoms with Crippen molar-refractivity contribution in [2.75, 3.05) is 45.2 Å². The quantitative estimate of drug-likeness (QED) is 0.325. The minimum Gasteiger partial charge on any atom is -0.390 e. The fraction of sp³-hybridized carbons (Fsp3) is 0.520. The molecular formula is C25H33N5O6S2. The zero-order valence-electron chi connectivity index (χ0n) is 21.8. The zero-order valence-corrected chi connectivity index (χ0v) is 23.4. The minimum absolute atomic E-state index is 0.000396. The topological polar surface area (TPSA) is 130 Å². The highest BCUT2D eigenvalue weighted by atomic mass is 32.2. The molecule has 1 atom stereocenters. The van der Waals surface area contributed by atoms with Crippen LogP contribution >= 0.6 is 11.3 Å². The maximum Gasteiger partial charge on any atom is 0.280 e. The number of methoxy groups -OCH3 is 1. The molecule has 2 fully saturated rings. The molecule has 0 spiro atoms. The second-order valence-corrected chi connectivity index (χ2v) is 12.8. The lowest BCUT2D eigenvalue weighted by Gasteiger charge is -2.33. The predicted octanol–water partition coefficient (Wildman–Crippen LogP) is 2.14. The van der Waals surface area contributed by atoms with Crippen molar-refractivity contribution in [3.63, 3.8) is 0 Å². The van der Waals surface area contributed by atoms with E-state index in [-0.39, 0.29) is 28.4 Å². The summed E-state index contributed by atoms with van der Waals surface area (Å²) in [7, 11) is -1.81. The predicted molar refractivity (Wildman–Crippen MR) is 144 cm³/mol. The van der Waals surface area contributed by atoms with E-state index in [4.69, 9.17) is 9.57 Å². The second kappa shape index (κ2) is 12.3. The Morgan fingerprint density at radius 3 is 2.47 bits per heavy atom. The first-order valence-corrected chi connectivity index (χ1v) is 14.8. The van der Waals surface area contributed by atoms with Crippen LogP contribution in [0.15, 0.2) is 40.5 Å². The van der Waals surface area contributed by atoms with Crippen LogP contribution in [0.1, 0.15) is 37.1 Å². The average Bonchev–Trinajstić information content (AvgIpc) is 3.67. The van der Waals surface area contributed by atoms with E-state index in [2.05, 4.69) is 20.4 Å². The minimum atomic E-state index is -3.35. The molecule has 0 bridgehead atoms. The van der Waals surface area contributed by atoms with Gasteiger partial charge < -0.3 is 14.5 Å². The molecule has 1 saturated carbocycles. The molecule has 1 N–H and O–H groups in total. The van der Waals surface area contributed by atoms with E-state index >= 15 is 0 Å². The van der Waals surface area contributed by atoms with Gasteiger partial charge in [0.25, 0.3) is 5.91 Å². The SMILES string of the molecule is COC[C@@H](C)ON=C(C(=O)Nc1ncc(CN2CCN(C(C)=O)CC2)s1)c1ccc(S(=O)(=O)C2CC2)cc1. The molecule has 11 nitrogen and oxygen atoms in total. The summed E-state index contributed by atoms with van der Waals surface area (Å²) in [4.78, 5) is 39.9. The number of oxime groups is 1. The third kappa shape index (κ3) is 7.16. The van der Waals surface area contributed by atoms with Crippen LogP contribution in [0.5, 0.6) is 0 Å². The highest BCUT2D eigenvalue weighted by Gasteiger charge is 2.36. The Morgan fingerprint density at radius 2 is 1.87 bits per heavy atom. The van der Waals surface area contributed by atoms with Crippen molar-refractivity contribution in [1.29, 1.82) is 0 Å². The number of carbonyl (C=O) groups is 2. The largest absolute Gasteiger partial charge is 0.390 e. The number of hydrogen-bond acceptors (Lipinski definition) is 10. The van der Waals surface area contributed by atoms with Crippen molar-refractivity contribution < 1.29 is 27.6 Å². The molecule has 1 aromatic heterocycles. The Morgan fingerprint density at radius 1 is 1.18 bits per heavy atom. The van der Waals surface area contributed by atoms with Crippen molar-refractivity contribution in [2.24, 2.45) is 5.16 Å². The molecule has 1 aliphatic carbocycles. The van der Waals surface area contributed by atoms with Gasteiger partial charge in [0.1, 0.15) is 6.10 Å². The summed E-state index contributed by atoms with van der Waals surface area (Å²) in [5.41, 5.74) is 0.419. The number of hydrogen-bond donors (Lipinski definition) is 1. The number of rotatable bonds is 11. The molecule has 1 saturated heterocycles. The number of benzene rings is 1. The molecule has 2 amide bonds. The summed E-state index contributed by atoms with van der Waals surface area (Å²) in [5.74, 6) is -0.437. The molecule has 1 aliphatic heterocycles. The van der Waals surface area contributed by atoms with Gasteiger partial charge in [-0.1, -0.05) is 17.3 Å². The number of aromatic nitrogens is 1. The van der Waals surface area contributed by atoms with Crippen LogP contribution in [-0.4, -0.2) is 92.0 Å². The first kappa shape index (κ1) is 28.1. The first-order valence-electron chi connectivity index (χ1n) is 12.5. The van der Waals surface area contributed by atoms with Gasteiger partial charge in [-0.3, -0.25) is 19.8 Å². The summed E-state index contributed by atoms with van der Waals surface area (Å²) >= 11 is 1.36. The Labute approximate surface area is 226 Å². The molecule has 0 unspecified atom stereocenters. The standard InChI is InChI=1S/C25H33N5O6S2/c1-17(16-35-3)36-28-23(19-4-6-21(7-5-19)38(33,34)22-8-9-22)24(32)27-25-26-14-20(37-25)15-29-10-12-30(13-11-29)18(2)31/h4-7,14,17,22H,8-13,15-16H2,1-3H3,(H,26,27,32)/t17-/m1/s1. The molecule has 2 aromatic rings. The number of anilines is 1. The molecule has 4 rings (SSSR count). The second-order valence-electron chi connectivity index (χ2n) is 9.45. The van der Waals surface area contributed by atoms with Crippen LogP contribution in [0.25, 0.3) is 0 Å². The summed E-state index contributed by atoms with van der Waals surface area (Å²) in [6, 6.07) is 6.12. The normalized spacial score (nSPS) is 17.8. The van der Waals surface area contributed by atoms with Gasteiger partial charge in [-0.2, -0.15) is 0 Å². The Balaban J connectivity index is 1.44. The van der Waals surface area contributed by atoms with Crippen molar-refractivity contribution in [3.05, 3.63) is 40.9 Å². The van der Waals surface area contributed by atoms with E-state index in [9.17, 15) is 18.0 Å². The van der Waals surface area contributed by atoms with Gasteiger partial charge in [0.15, 0.2) is 20.7 Å². The summed E-state index contributed by atoms with van der Waals surface area (Å²) < 4.78 is 30.2. The first-order chi connectivity index (χ1) is 18.2. The van der Waals surface area contributed by atoms with E-state index in [0.717, 1.165) is 18.0 Å². The van der Waals surface area contributed by atoms with Gasteiger partial charge >= 0.3 is 0 Å². The van der Waals surface area contributed by atoms with Gasteiger partial charge in [-0.25, -0.2) is 13.4 Å². The molecular weight excluding hydrogens is 530 g/mol. The number of sulfone groups is 1. The monoisotopic (exact) mass is 563 g/mol. The van der Waals surface area contributed by atoms with E-state index in [1.807, 2.05) is 4.90 Å². The maximum atomic E-state index is 13.2. The molecule has 0 radical (unpaired) electrons. The number of nitrogens with one attached hydrogen (secondary N) is 1. The van der Waals surface area contributed by atoms with Crippen LogP contribution in [0.4, 0.5) is 5.13 Å².